The summed E-state index contributed by atoms with van der Waals surface area (Å²) in [5, 5.41) is 2.77. The normalized spacial score (nSPS) is 11.5. The van der Waals surface area contributed by atoms with E-state index in [0.29, 0.717) is 18.8 Å². The molecule has 21 heavy (non-hydrogen) atoms. The Balaban J connectivity index is 2.30. The Labute approximate surface area is 119 Å². The van der Waals surface area contributed by atoms with Crippen LogP contribution in [0.2, 0.25) is 0 Å². The lowest BCUT2D eigenvalue weighted by atomic mass is 10.4. The molecule has 0 aliphatic heterocycles. The molecule has 1 N–H and O–H groups in total. The maximum atomic E-state index is 12.8. The van der Waals surface area contributed by atoms with Crippen molar-refractivity contribution in [2.45, 2.75) is 19.6 Å². The molecule has 0 atom stereocenters. The quantitative estimate of drug-likeness (QED) is 0.919. The van der Waals surface area contributed by atoms with E-state index in [1.54, 1.807) is 31.0 Å². The van der Waals surface area contributed by atoms with Gasteiger partial charge in [-0.3, -0.25) is 0 Å². The van der Waals surface area contributed by atoms with Crippen molar-refractivity contribution in [2.24, 2.45) is 0 Å². The van der Waals surface area contributed by atoms with Gasteiger partial charge in [-0.25, -0.2) is 9.97 Å². The summed E-state index contributed by atoms with van der Waals surface area (Å²) in [6, 6.07) is 4.93. The van der Waals surface area contributed by atoms with Gasteiger partial charge in [0.25, 0.3) is 0 Å². The van der Waals surface area contributed by atoms with Crippen LogP contribution in [0.4, 0.5) is 24.8 Å². The monoisotopic (exact) mass is 300 g/mol. The van der Waals surface area contributed by atoms with Crippen LogP contribution in [0.15, 0.2) is 28.9 Å². The Hall–Kier alpha value is -2.25. The minimum absolute atomic E-state index is 0.140. The third kappa shape index (κ3) is 3.87. The van der Waals surface area contributed by atoms with E-state index in [-0.39, 0.29) is 11.6 Å². The van der Waals surface area contributed by atoms with E-state index in [2.05, 4.69) is 15.3 Å². The summed E-state index contributed by atoms with van der Waals surface area (Å²) in [6.07, 6.45) is -3.08. The lowest BCUT2D eigenvalue weighted by molar-refractivity contribution is -0.144. The van der Waals surface area contributed by atoms with Crippen LogP contribution in [0.3, 0.4) is 0 Å². The number of furan rings is 1. The van der Waals surface area contributed by atoms with E-state index in [4.69, 9.17) is 4.42 Å². The minimum Gasteiger partial charge on any atom is -0.467 e. The van der Waals surface area contributed by atoms with E-state index in [9.17, 15) is 13.2 Å². The summed E-state index contributed by atoms with van der Waals surface area (Å²) in [5.74, 6) is -0.220. The Morgan fingerprint density at radius 2 is 2.10 bits per heavy atom. The van der Waals surface area contributed by atoms with Crippen LogP contribution in [0.25, 0.3) is 0 Å². The number of alkyl halides is 3. The topological polar surface area (TPSA) is 54.2 Å². The predicted octanol–water partition coefficient (Wildman–Crippen LogP) is 3.16. The lowest BCUT2D eigenvalue weighted by Crippen LogP contribution is -2.21. The van der Waals surface area contributed by atoms with Crippen LogP contribution in [0.1, 0.15) is 18.5 Å². The minimum atomic E-state index is -4.59. The molecule has 2 rings (SSSR count). The highest BCUT2D eigenvalue weighted by Crippen LogP contribution is 2.29. The summed E-state index contributed by atoms with van der Waals surface area (Å²) in [5.41, 5.74) is 0. The number of nitrogens with zero attached hydrogens (tertiary/aromatic N) is 3. The zero-order valence-corrected chi connectivity index (χ0v) is 11.6. The largest absolute Gasteiger partial charge is 0.467 e. The van der Waals surface area contributed by atoms with Crippen molar-refractivity contribution in [3.8, 4) is 0 Å². The average Bonchev–Trinajstić information content (AvgIpc) is 2.90. The van der Waals surface area contributed by atoms with Gasteiger partial charge in [-0.15, -0.1) is 0 Å². The van der Waals surface area contributed by atoms with E-state index >= 15 is 0 Å². The third-order valence-electron chi connectivity index (χ3n) is 2.69. The van der Waals surface area contributed by atoms with Gasteiger partial charge in [-0.2, -0.15) is 13.2 Å². The van der Waals surface area contributed by atoms with Crippen LogP contribution in [-0.4, -0.2) is 23.6 Å². The number of anilines is 2. The molecule has 2 aromatic rings. The molecule has 8 heteroatoms. The molecule has 2 heterocycles. The first kappa shape index (κ1) is 15.1. The first-order valence-corrected chi connectivity index (χ1v) is 6.34. The average molecular weight is 300 g/mol. The summed E-state index contributed by atoms with van der Waals surface area (Å²) in [6.45, 7) is 2.56. The zero-order valence-electron chi connectivity index (χ0n) is 11.6. The first-order chi connectivity index (χ1) is 9.90. The van der Waals surface area contributed by atoms with Crippen molar-refractivity contribution >= 4 is 11.6 Å². The molecule has 0 fully saturated rings. The fourth-order valence-corrected chi connectivity index (χ4v) is 1.75. The van der Waals surface area contributed by atoms with Gasteiger partial charge in [0.2, 0.25) is 5.82 Å². The molecule has 0 unspecified atom stereocenters. The molecule has 0 amide bonds. The van der Waals surface area contributed by atoms with Gasteiger partial charge in [0, 0.05) is 19.7 Å². The van der Waals surface area contributed by atoms with Crippen LogP contribution < -0.4 is 10.2 Å². The van der Waals surface area contributed by atoms with Crippen molar-refractivity contribution in [2.75, 3.05) is 23.8 Å². The molecule has 0 saturated carbocycles. The van der Waals surface area contributed by atoms with Crippen LogP contribution in [0.5, 0.6) is 0 Å². The van der Waals surface area contributed by atoms with Crippen LogP contribution >= 0.6 is 0 Å². The van der Waals surface area contributed by atoms with E-state index in [0.717, 1.165) is 0 Å². The molecule has 0 aromatic carbocycles. The Bertz CT molecular complexity index is 584. The maximum absolute atomic E-state index is 12.8. The van der Waals surface area contributed by atoms with Crippen molar-refractivity contribution in [1.29, 1.82) is 0 Å². The second-order valence-electron chi connectivity index (χ2n) is 4.40. The van der Waals surface area contributed by atoms with Crippen molar-refractivity contribution in [1.82, 2.24) is 9.97 Å². The Morgan fingerprint density at radius 1 is 1.33 bits per heavy atom. The highest BCUT2D eigenvalue weighted by Gasteiger charge is 2.35. The fraction of sp³-hybridized carbons (Fsp3) is 0.385. The molecular formula is C13H15F3N4O. The maximum Gasteiger partial charge on any atom is 0.451 e. The molecule has 2 aromatic heterocycles. The van der Waals surface area contributed by atoms with Crippen molar-refractivity contribution in [3.05, 3.63) is 36.0 Å². The highest BCUT2D eigenvalue weighted by atomic mass is 19.4. The standard InChI is InChI=1S/C13H15F3N4O/c1-3-17-10-7-11(19-12(18-10)13(14,15)16)20(2)8-9-5-4-6-21-9/h4-7H,3,8H2,1-2H3,(H,17,18,19). The highest BCUT2D eigenvalue weighted by molar-refractivity contribution is 5.49. The van der Waals surface area contributed by atoms with Crippen LogP contribution in [0, 0.1) is 0 Å². The van der Waals surface area contributed by atoms with E-state index in [1.165, 1.54) is 12.3 Å². The van der Waals surface area contributed by atoms with Gasteiger partial charge < -0.3 is 14.6 Å². The van der Waals surface area contributed by atoms with Gasteiger partial charge in [0.05, 0.1) is 12.8 Å². The molecule has 5 nitrogen and oxygen atoms in total. The zero-order chi connectivity index (χ0) is 15.5. The number of hydrogen-bond acceptors (Lipinski definition) is 5. The summed E-state index contributed by atoms with van der Waals surface area (Å²) in [4.78, 5) is 8.62. The van der Waals surface area contributed by atoms with Gasteiger partial charge in [0.1, 0.15) is 17.4 Å². The van der Waals surface area contributed by atoms with Gasteiger partial charge in [0.15, 0.2) is 0 Å². The Morgan fingerprint density at radius 3 is 2.67 bits per heavy atom. The predicted molar refractivity (Wildman–Crippen MR) is 72.0 cm³/mol. The summed E-state index contributed by atoms with van der Waals surface area (Å²) >= 11 is 0. The van der Waals surface area contributed by atoms with Gasteiger partial charge in [-0.1, -0.05) is 0 Å². The smallest absolute Gasteiger partial charge is 0.451 e. The second-order valence-corrected chi connectivity index (χ2v) is 4.40. The summed E-state index contributed by atoms with van der Waals surface area (Å²) < 4.78 is 43.7. The first-order valence-electron chi connectivity index (χ1n) is 6.34. The van der Waals surface area contributed by atoms with Gasteiger partial charge >= 0.3 is 6.18 Å². The number of halogens is 3. The molecule has 0 aliphatic rings. The summed E-state index contributed by atoms with van der Waals surface area (Å²) in [7, 11) is 1.64. The molecule has 0 aliphatic carbocycles. The molecule has 0 radical (unpaired) electrons. The fourth-order valence-electron chi connectivity index (χ4n) is 1.75. The number of rotatable bonds is 5. The lowest BCUT2D eigenvalue weighted by Gasteiger charge is -2.19. The number of nitrogens with one attached hydrogen (secondary N) is 1. The molecule has 0 spiro atoms. The number of hydrogen-bond donors (Lipinski definition) is 1. The van der Waals surface area contributed by atoms with E-state index in [1.807, 2.05) is 0 Å². The number of aromatic nitrogens is 2. The van der Waals surface area contributed by atoms with Crippen molar-refractivity contribution < 1.29 is 17.6 Å². The van der Waals surface area contributed by atoms with Gasteiger partial charge in [-0.05, 0) is 19.1 Å². The third-order valence-corrected chi connectivity index (χ3v) is 2.69. The molecule has 0 bridgehead atoms. The van der Waals surface area contributed by atoms with Crippen LogP contribution in [-0.2, 0) is 12.7 Å². The molecule has 114 valence electrons. The second kappa shape index (κ2) is 6.02. The molecule has 0 saturated heterocycles. The Kier molecular flexibility index (Phi) is 4.35. The SMILES string of the molecule is CCNc1cc(N(C)Cc2ccco2)nc(C(F)(F)F)n1. The molecular weight excluding hydrogens is 285 g/mol. The van der Waals surface area contributed by atoms with Crippen molar-refractivity contribution in [3.63, 3.8) is 0 Å². The van der Waals surface area contributed by atoms with E-state index < -0.39 is 12.0 Å².